The Morgan fingerprint density at radius 1 is 1.07 bits per heavy atom. The molecule has 2 N–H and O–H groups in total. The number of imide groups is 1. The van der Waals surface area contributed by atoms with Gasteiger partial charge in [0.25, 0.3) is 0 Å². The van der Waals surface area contributed by atoms with Gasteiger partial charge in [-0.3, -0.25) is 0 Å². The molecular weight excluding hydrogens is 564 g/mol. The zero-order chi connectivity index (χ0) is 30.8. The molecule has 4 aromatic rings. The Kier molecular flexibility index (Phi) is 10.8. The Balaban J connectivity index is 1.51. The first-order chi connectivity index (χ1) is 20.6. The fraction of sp³-hybridized carbons (Fsp3) is 0.333. The first-order valence-corrected chi connectivity index (χ1v) is 15.2. The quantitative estimate of drug-likeness (QED) is 0.184. The number of amides is 3. The minimum atomic E-state index is -1.27. The Morgan fingerprint density at radius 3 is 2.49 bits per heavy atom. The van der Waals surface area contributed by atoms with Crippen molar-refractivity contribution in [2.24, 2.45) is 0 Å². The van der Waals surface area contributed by atoms with Crippen LogP contribution in [-0.4, -0.2) is 51.1 Å². The first-order valence-electron chi connectivity index (χ1n) is 14.1. The maximum absolute atomic E-state index is 13.7. The number of aliphatic hydroxyl groups is 1. The van der Waals surface area contributed by atoms with Crippen molar-refractivity contribution in [1.82, 2.24) is 15.2 Å². The van der Waals surface area contributed by atoms with Crippen molar-refractivity contribution in [1.29, 1.82) is 5.26 Å². The molecule has 0 spiro atoms. The minimum Gasteiger partial charge on any atom is -0.443 e. The second kappa shape index (κ2) is 14.7. The van der Waals surface area contributed by atoms with Crippen molar-refractivity contribution in [2.45, 2.75) is 57.1 Å². The van der Waals surface area contributed by atoms with E-state index in [2.05, 4.69) is 16.4 Å². The molecular formula is C33H36N4O5S. The number of thioether (sulfide) groups is 1. The van der Waals surface area contributed by atoms with Crippen molar-refractivity contribution in [2.75, 3.05) is 12.3 Å². The lowest BCUT2D eigenvalue weighted by molar-refractivity contribution is 0.0315. The van der Waals surface area contributed by atoms with Crippen LogP contribution in [0.15, 0.2) is 83.3 Å². The van der Waals surface area contributed by atoms with Crippen LogP contribution >= 0.6 is 11.8 Å². The lowest BCUT2D eigenvalue weighted by atomic mass is 10.0. The molecule has 0 aliphatic heterocycles. The molecule has 1 aromatic heterocycles. The summed E-state index contributed by atoms with van der Waals surface area (Å²) in [5.74, 6) is 1.04. The van der Waals surface area contributed by atoms with Crippen LogP contribution in [-0.2, 0) is 16.9 Å². The van der Waals surface area contributed by atoms with Crippen molar-refractivity contribution in [3.63, 3.8) is 0 Å². The number of aromatic nitrogens is 1. The molecule has 0 saturated carbocycles. The number of carbonyl (C=O) groups is 2. The first kappa shape index (κ1) is 31.6. The number of urea groups is 1. The fourth-order valence-corrected chi connectivity index (χ4v) is 5.31. The van der Waals surface area contributed by atoms with Crippen LogP contribution in [0.25, 0.3) is 11.1 Å². The number of fused-ring (bicyclic) bond motifs is 1. The van der Waals surface area contributed by atoms with Crippen LogP contribution in [0.1, 0.15) is 55.9 Å². The Morgan fingerprint density at radius 2 is 1.77 bits per heavy atom. The highest BCUT2D eigenvalue weighted by Crippen LogP contribution is 2.25. The Labute approximate surface area is 255 Å². The third-order valence-electron chi connectivity index (χ3n) is 6.55. The molecule has 0 bridgehead atoms. The monoisotopic (exact) mass is 600 g/mol. The zero-order valence-electron chi connectivity index (χ0n) is 24.5. The molecule has 0 saturated heterocycles. The summed E-state index contributed by atoms with van der Waals surface area (Å²) in [7, 11) is 0. The second-order valence-corrected chi connectivity index (χ2v) is 12.1. The van der Waals surface area contributed by atoms with E-state index in [1.54, 1.807) is 39.0 Å². The summed E-state index contributed by atoms with van der Waals surface area (Å²) in [6.45, 7) is 5.25. The van der Waals surface area contributed by atoms with Crippen LogP contribution in [0.3, 0.4) is 0 Å². The highest BCUT2D eigenvalue weighted by atomic mass is 32.2. The molecule has 0 aliphatic carbocycles. The smallest absolute Gasteiger partial charge is 0.418 e. The molecule has 9 nitrogen and oxygen atoms in total. The van der Waals surface area contributed by atoms with Gasteiger partial charge in [-0.15, -0.1) is 0 Å². The predicted molar refractivity (Wildman–Crippen MR) is 166 cm³/mol. The number of rotatable bonds is 11. The average Bonchev–Trinajstić information content (AvgIpc) is 3.43. The molecule has 2 atom stereocenters. The summed E-state index contributed by atoms with van der Waals surface area (Å²) in [6, 6.07) is 24.9. The maximum atomic E-state index is 13.7. The summed E-state index contributed by atoms with van der Waals surface area (Å²) in [6.07, 6.45) is -1.14. The van der Waals surface area contributed by atoms with Gasteiger partial charge in [0.1, 0.15) is 11.1 Å². The van der Waals surface area contributed by atoms with Crippen molar-refractivity contribution < 1.29 is 23.8 Å². The van der Waals surface area contributed by atoms with Crippen LogP contribution in [0.2, 0.25) is 0 Å². The van der Waals surface area contributed by atoms with Gasteiger partial charge in [0.2, 0.25) is 5.89 Å². The molecule has 3 amide bonds. The summed E-state index contributed by atoms with van der Waals surface area (Å²) >= 11 is 1.49. The predicted octanol–water partition coefficient (Wildman–Crippen LogP) is 6.61. The second-order valence-electron chi connectivity index (χ2n) is 11.0. The van der Waals surface area contributed by atoms with E-state index in [1.807, 2.05) is 60.7 Å². The summed E-state index contributed by atoms with van der Waals surface area (Å²) in [5, 5.41) is 23.6. The van der Waals surface area contributed by atoms with Crippen molar-refractivity contribution in [3.05, 3.63) is 101 Å². The van der Waals surface area contributed by atoms with E-state index >= 15 is 0 Å². The van der Waals surface area contributed by atoms with E-state index in [-0.39, 0.29) is 12.4 Å². The molecule has 0 radical (unpaired) electrons. The normalized spacial score (nSPS) is 12.7. The summed E-state index contributed by atoms with van der Waals surface area (Å²) in [5.41, 5.74) is 2.80. The van der Waals surface area contributed by atoms with E-state index in [0.717, 1.165) is 16.0 Å². The van der Waals surface area contributed by atoms with Gasteiger partial charge in [0.15, 0.2) is 11.7 Å². The Bertz CT molecular complexity index is 1530. The lowest BCUT2D eigenvalue weighted by Crippen LogP contribution is -2.51. The van der Waals surface area contributed by atoms with Gasteiger partial charge in [-0.25, -0.2) is 19.5 Å². The van der Waals surface area contributed by atoms with Crippen molar-refractivity contribution in [3.8, 4) is 6.07 Å². The van der Waals surface area contributed by atoms with E-state index in [9.17, 15) is 20.0 Å². The number of nitrogens with one attached hydrogen (secondary N) is 1. The van der Waals surface area contributed by atoms with Crippen molar-refractivity contribution >= 4 is 35.0 Å². The highest BCUT2D eigenvalue weighted by molar-refractivity contribution is 7.98. The van der Waals surface area contributed by atoms with Crippen LogP contribution < -0.4 is 5.32 Å². The van der Waals surface area contributed by atoms with Gasteiger partial charge in [-0.1, -0.05) is 60.7 Å². The number of nitrogens with zero attached hydrogens (tertiary/aromatic N) is 3. The maximum Gasteiger partial charge on any atom is 0.418 e. The van der Waals surface area contributed by atoms with Gasteiger partial charge in [0, 0.05) is 18.1 Å². The van der Waals surface area contributed by atoms with Gasteiger partial charge in [-0.05, 0) is 62.9 Å². The standard InChI is InChI=1S/C33H36N4O5S/c1-33(2,3)42-32(40)37(19-20-43-22-25-14-8-7-13-24(25)21-34)31(39)36-27(18-17-23-11-5-4-6-12-23)29(38)30-35-26-15-9-10-16-28(26)41-30/h4-16,27,29,38H,17-20,22H2,1-3H3,(H,36,39)/t27-,29?/m1/s1. The number of hydrogen-bond acceptors (Lipinski definition) is 8. The molecule has 43 heavy (non-hydrogen) atoms. The molecule has 3 aromatic carbocycles. The van der Waals surface area contributed by atoms with Crippen LogP contribution in [0.5, 0.6) is 0 Å². The molecule has 4 rings (SSSR count). The number of oxazole rings is 1. The third-order valence-corrected chi connectivity index (χ3v) is 7.54. The van der Waals surface area contributed by atoms with Gasteiger partial charge < -0.3 is 19.6 Å². The third kappa shape index (κ3) is 9.08. The van der Waals surface area contributed by atoms with E-state index < -0.39 is 29.9 Å². The molecule has 1 unspecified atom stereocenters. The lowest BCUT2D eigenvalue weighted by Gasteiger charge is -2.29. The number of hydrogen-bond donors (Lipinski definition) is 2. The topological polar surface area (TPSA) is 129 Å². The van der Waals surface area contributed by atoms with Gasteiger partial charge in [-0.2, -0.15) is 17.0 Å². The Hall–Kier alpha value is -4.33. The number of aliphatic hydroxyl groups excluding tert-OH is 1. The SMILES string of the molecule is CC(C)(C)OC(=O)N(CCSCc1ccccc1C#N)C(=O)N[C@H](CCc1ccccc1)C(O)c1nc2ccccc2o1. The molecule has 10 heteroatoms. The fourth-order valence-electron chi connectivity index (χ4n) is 4.39. The minimum absolute atomic E-state index is 0.0600. The molecule has 0 aliphatic rings. The number of benzene rings is 3. The van der Waals surface area contributed by atoms with Crippen LogP contribution in [0, 0.1) is 11.3 Å². The number of carbonyl (C=O) groups excluding carboxylic acids is 2. The average molecular weight is 601 g/mol. The van der Waals surface area contributed by atoms with E-state index in [0.29, 0.717) is 41.0 Å². The molecule has 0 fully saturated rings. The summed E-state index contributed by atoms with van der Waals surface area (Å²) in [4.78, 5) is 32.3. The molecule has 1 heterocycles. The summed E-state index contributed by atoms with van der Waals surface area (Å²) < 4.78 is 11.4. The number of para-hydroxylation sites is 2. The number of nitriles is 1. The number of ether oxygens (including phenoxy) is 1. The molecule has 224 valence electrons. The number of aryl methyl sites for hydroxylation is 1. The van der Waals surface area contributed by atoms with Gasteiger partial charge in [0.05, 0.1) is 17.7 Å². The largest absolute Gasteiger partial charge is 0.443 e. The zero-order valence-corrected chi connectivity index (χ0v) is 25.3. The van der Waals surface area contributed by atoms with Gasteiger partial charge >= 0.3 is 12.1 Å². The van der Waals surface area contributed by atoms with Crippen LogP contribution in [0.4, 0.5) is 9.59 Å². The highest BCUT2D eigenvalue weighted by Gasteiger charge is 2.32. The van der Waals surface area contributed by atoms with E-state index in [4.69, 9.17) is 9.15 Å². The van der Waals surface area contributed by atoms with E-state index in [1.165, 1.54) is 11.8 Å².